The Morgan fingerprint density at radius 3 is 2.78 bits per heavy atom. The first kappa shape index (κ1) is 23.4. The number of nitrogens with one attached hydrogen (secondary N) is 2. The molecule has 1 amide bonds. The van der Waals surface area contributed by atoms with Crippen LogP contribution in [0.25, 0.3) is 21.3 Å². The van der Waals surface area contributed by atoms with E-state index in [4.69, 9.17) is 5.73 Å². The van der Waals surface area contributed by atoms with Gasteiger partial charge in [0.05, 0.1) is 23.7 Å². The molecule has 180 valence electrons. The number of anilines is 2. The zero-order chi connectivity index (χ0) is 25.1. The highest BCUT2D eigenvalue weighted by Crippen LogP contribution is 2.31. The topological polar surface area (TPSA) is 106 Å². The average Bonchev–Trinajstić information content (AvgIpc) is 3.37. The van der Waals surface area contributed by atoms with Gasteiger partial charge in [-0.1, -0.05) is 35.9 Å². The second kappa shape index (κ2) is 10.1. The Bertz CT molecular complexity index is 1550. The van der Waals surface area contributed by atoms with Gasteiger partial charge in [0.1, 0.15) is 18.0 Å². The highest BCUT2D eigenvalue weighted by atomic mass is 32.1. The van der Waals surface area contributed by atoms with Gasteiger partial charge in [-0.05, 0) is 61.4 Å². The number of hydrogen-bond acceptors (Lipinski definition) is 7. The Labute approximate surface area is 213 Å². The summed E-state index contributed by atoms with van der Waals surface area (Å²) in [5.41, 5.74) is 10.6. The van der Waals surface area contributed by atoms with Crippen molar-refractivity contribution in [2.45, 2.75) is 26.4 Å². The molecule has 0 fully saturated rings. The first-order chi connectivity index (χ1) is 17.5. The van der Waals surface area contributed by atoms with Gasteiger partial charge in [0.25, 0.3) is 5.91 Å². The molecule has 7 nitrogen and oxygen atoms in total. The summed E-state index contributed by atoms with van der Waals surface area (Å²) in [6.07, 6.45) is 3.16. The highest BCUT2D eigenvalue weighted by molar-refractivity contribution is 7.15. The summed E-state index contributed by atoms with van der Waals surface area (Å²) in [7, 11) is 0. The van der Waals surface area contributed by atoms with Crippen molar-refractivity contribution < 1.29 is 4.79 Å². The molecule has 5 rings (SSSR count). The van der Waals surface area contributed by atoms with Gasteiger partial charge in [-0.25, -0.2) is 15.0 Å². The highest BCUT2D eigenvalue weighted by Gasteiger charge is 2.16. The molecule has 0 bridgehead atoms. The SMILES string of the molecule is Cc1cccc([C@H](C)NC(=O)c2cccnc2NCc2ccc(-c3ccc4ncnc(N)c4c3)s2)c1. The van der Waals surface area contributed by atoms with E-state index in [1.807, 2.05) is 50.2 Å². The van der Waals surface area contributed by atoms with Crippen molar-refractivity contribution >= 4 is 39.8 Å². The number of pyridine rings is 1. The van der Waals surface area contributed by atoms with E-state index in [9.17, 15) is 4.79 Å². The molecule has 0 saturated carbocycles. The van der Waals surface area contributed by atoms with Crippen molar-refractivity contribution in [2.75, 3.05) is 11.1 Å². The summed E-state index contributed by atoms with van der Waals surface area (Å²) in [6.45, 7) is 4.57. The maximum atomic E-state index is 13.1. The third kappa shape index (κ3) is 5.04. The van der Waals surface area contributed by atoms with E-state index in [-0.39, 0.29) is 11.9 Å². The van der Waals surface area contributed by atoms with Crippen LogP contribution in [-0.2, 0) is 6.54 Å². The molecule has 5 aromatic rings. The van der Waals surface area contributed by atoms with Crippen molar-refractivity contribution in [3.8, 4) is 10.4 Å². The van der Waals surface area contributed by atoms with Crippen LogP contribution in [0.15, 0.2) is 79.3 Å². The van der Waals surface area contributed by atoms with Gasteiger partial charge in [0.15, 0.2) is 0 Å². The van der Waals surface area contributed by atoms with Crippen LogP contribution in [0.3, 0.4) is 0 Å². The summed E-state index contributed by atoms with van der Waals surface area (Å²) in [5.74, 6) is 0.859. The van der Waals surface area contributed by atoms with Crippen molar-refractivity contribution in [3.63, 3.8) is 0 Å². The molecule has 3 aromatic heterocycles. The number of nitrogens with zero attached hydrogens (tertiary/aromatic N) is 3. The minimum Gasteiger partial charge on any atom is -0.383 e. The number of nitrogen functional groups attached to an aromatic ring is 1. The number of carbonyl (C=O) groups is 1. The normalized spacial score (nSPS) is 11.8. The average molecular weight is 495 g/mol. The Morgan fingerprint density at radius 1 is 1.03 bits per heavy atom. The molecule has 0 radical (unpaired) electrons. The summed E-state index contributed by atoms with van der Waals surface area (Å²) < 4.78 is 0. The van der Waals surface area contributed by atoms with E-state index < -0.39 is 0 Å². The van der Waals surface area contributed by atoms with Crippen LogP contribution in [0, 0.1) is 6.92 Å². The fourth-order valence-corrected chi connectivity index (χ4v) is 5.00. The molecule has 0 saturated heterocycles. The van der Waals surface area contributed by atoms with Gasteiger partial charge in [-0.2, -0.15) is 0 Å². The van der Waals surface area contributed by atoms with Gasteiger partial charge in [-0.3, -0.25) is 4.79 Å². The van der Waals surface area contributed by atoms with Gasteiger partial charge >= 0.3 is 0 Å². The summed E-state index contributed by atoms with van der Waals surface area (Å²) in [4.78, 5) is 28.1. The van der Waals surface area contributed by atoms with Gasteiger partial charge in [0.2, 0.25) is 0 Å². The zero-order valence-electron chi connectivity index (χ0n) is 20.0. The first-order valence-electron chi connectivity index (χ1n) is 11.6. The fraction of sp³-hybridized carbons (Fsp3) is 0.143. The predicted molar refractivity (Wildman–Crippen MR) is 146 cm³/mol. The van der Waals surface area contributed by atoms with Gasteiger partial charge < -0.3 is 16.4 Å². The minimum atomic E-state index is -0.164. The molecule has 0 spiro atoms. The summed E-state index contributed by atoms with van der Waals surface area (Å²) >= 11 is 1.67. The molecule has 1 atom stereocenters. The Morgan fingerprint density at radius 2 is 1.92 bits per heavy atom. The van der Waals surface area contributed by atoms with Crippen LogP contribution in [-0.4, -0.2) is 20.9 Å². The Kier molecular flexibility index (Phi) is 6.60. The first-order valence-corrected chi connectivity index (χ1v) is 12.5. The molecule has 36 heavy (non-hydrogen) atoms. The summed E-state index contributed by atoms with van der Waals surface area (Å²) in [5, 5.41) is 7.26. The monoisotopic (exact) mass is 494 g/mol. The number of amides is 1. The van der Waals surface area contributed by atoms with Gasteiger partial charge in [0, 0.05) is 21.3 Å². The minimum absolute atomic E-state index is 0.119. The molecular formula is C28H26N6OS. The largest absolute Gasteiger partial charge is 0.383 e. The number of rotatable bonds is 7. The van der Waals surface area contributed by atoms with Crippen LogP contribution in [0.5, 0.6) is 0 Å². The van der Waals surface area contributed by atoms with E-state index >= 15 is 0 Å². The summed E-state index contributed by atoms with van der Waals surface area (Å²) in [6, 6.07) is 21.8. The number of thiophene rings is 1. The second-order valence-electron chi connectivity index (χ2n) is 8.62. The lowest BCUT2D eigenvalue weighted by Crippen LogP contribution is -2.27. The maximum Gasteiger partial charge on any atom is 0.255 e. The van der Waals surface area contributed by atoms with Crippen molar-refractivity contribution in [3.05, 3.63) is 101 Å². The second-order valence-corrected chi connectivity index (χ2v) is 9.79. The maximum absolute atomic E-state index is 13.1. The number of aryl methyl sites for hydroxylation is 1. The van der Waals surface area contributed by atoms with E-state index in [2.05, 4.69) is 43.8 Å². The third-order valence-electron chi connectivity index (χ3n) is 5.98. The molecule has 4 N–H and O–H groups in total. The van der Waals surface area contributed by atoms with E-state index in [0.29, 0.717) is 23.7 Å². The van der Waals surface area contributed by atoms with Crippen LogP contribution in [0.2, 0.25) is 0 Å². The molecular weight excluding hydrogens is 468 g/mol. The quantitative estimate of drug-likeness (QED) is 0.266. The number of nitrogens with two attached hydrogens (primary N) is 1. The molecule has 0 aliphatic carbocycles. The van der Waals surface area contributed by atoms with Crippen molar-refractivity contribution in [1.29, 1.82) is 0 Å². The van der Waals surface area contributed by atoms with Gasteiger partial charge in [-0.15, -0.1) is 11.3 Å². The van der Waals surface area contributed by atoms with Crippen LogP contribution >= 0.6 is 11.3 Å². The molecule has 3 heterocycles. The Balaban J connectivity index is 1.29. The van der Waals surface area contributed by atoms with Crippen molar-refractivity contribution in [1.82, 2.24) is 20.3 Å². The number of fused-ring (bicyclic) bond motifs is 1. The van der Waals surface area contributed by atoms with Crippen LogP contribution in [0.4, 0.5) is 11.6 Å². The smallest absolute Gasteiger partial charge is 0.255 e. The lowest BCUT2D eigenvalue weighted by molar-refractivity contribution is 0.0940. The van der Waals surface area contributed by atoms with E-state index in [0.717, 1.165) is 37.3 Å². The lowest BCUT2D eigenvalue weighted by atomic mass is 10.1. The van der Waals surface area contributed by atoms with Crippen molar-refractivity contribution in [2.24, 2.45) is 0 Å². The van der Waals surface area contributed by atoms with E-state index in [1.165, 1.54) is 6.33 Å². The fourth-order valence-electron chi connectivity index (χ4n) is 4.06. The molecule has 8 heteroatoms. The van der Waals surface area contributed by atoms with Crippen LogP contribution in [0.1, 0.15) is 39.3 Å². The standard InChI is InChI=1S/C28H26N6OS/c1-17-5-3-6-19(13-17)18(2)34-28(35)22-7-4-12-30-27(22)31-15-21-9-11-25(36-21)20-8-10-24-23(14-20)26(29)33-16-32-24/h3-14,16,18H,15H2,1-2H3,(H,30,31)(H,34,35)(H2,29,32,33)/t18-/m0/s1. The Hall–Kier alpha value is -4.30. The van der Waals surface area contributed by atoms with Crippen LogP contribution < -0.4 is 16.4 Å². The van der Waals surface area contributed by atoms with E-state index in [1.54, 1.807) is 29.7 Å². The number of aromatic nitrogens is 3. The number of hydrogen-bond donors (Lipinski definition) is 3. The molecule has 0 unspecified atom stereocenters. The third-order valence-corrected chi connectivity index (χ3v) is 7.12. The molecule has 0 aliphatic heterocycles. The zero-order valence-corrected chi connectivity index (χ0v) is 20.8. The number of benzene rings is 2. The lowest BCUT2D eigenvalue weighted by Gasteiger charge is -2.16. The number of carbonyl (C=O) groups excluding carboxylic acids is 1. The predicted octanol–water partition coefficient (Wildman–Crippen LogP) is 5.75. The molecule has 0 aliphatic rings. The molecule has 2 aromatic carbocycles.